The maximum Gasteiger partial charge on any atom is 0.161 e. The molecule has 184 valence electrons. The SMILES string of the molecule is CCOc1ccc(CCCN(C)CCC2(O)CC3CC[C@H]2C=C3c2ccccc2)cc1OCC. The summed E-state index contributed by atoms with van der Waals surface area (Å²) in [6.45, 7) is 7.23. The average molecular weight is 464 g/mol. The number of aryl methyl sites for hydroxylation is 1. The molecular formula is C30H41NO3. The van der Waals surface area contributed by atoms with Crippen LogP contribution in [0.15, 0.2) is 54.6 Å². The Morgan fingerprint density at radius 1 is 0.971 bits per heavy atom. The third-order valence-electron chi connectivity index (χ3n) is 7.58. The van der Waals surface area contributed by atoms with Crippen LogP contribution in [-0.4, -0.2) is 49.0 Å². The van der Waals surface area contributed by atoms with Crippen LogP contribution < -0.4 is 9.47 Å². The first-order valence-electron chi connectivity index (χ1n) is 13.1. The van der Waals surface area contributed by atoms with Crippen LogP contribution in [0.2, 0.25) is 0 Å². The summed E-state index contributed by atoms with van der Waals surface area (Å²) in [5.41, 5.74) is 3.51. The number of hydrogen-bond donors (Lipinski definition) is 1. The van der Waals surface area contributed by atoms with Crippen molar-refractivity contribution >= 4 is 5.57 Å². The number of hydrogen-bond acceptors (Lipinski definition) is 4. The van der Waals surface area contributed by atoms with Gasteiger partial charge in [-0.25, -0.2) is 0 Å². The maximum atomic E-state index is 11.5. The second-order valence-corrected chi connectivity index (χ2v) is 9.98. The topological polar surface area (TPSA) is 41.9 Å². The normalized spacial score (nSPS) is 23.7. The van der Waals surface area contributed by atoms with E-state index < -0.39 is 5.60 Å². The van der Waals surface area contributed by atoms with Crippen molar-refractivity contribution in [3.05, 3.63) is 65.7 Å². The fourth-order valence-electron chi connectivity index (χ4n) is 5.74. The highest BCUT2D eigenvalue weighted by Crippen LogP contribution is 2.51. The van der Waals surface area contributed by atoms with Crippen LogP contribution in [0, 0.1) is 11.8 Å². The molecule has 2 aromatic carbocycles. The lowest BCUT2D eigenvalue weighted by Crippen LogP contribution is -2.48. The van der Waals surface area contributed by atoms with Gasteiger partial charge in [-0.2, -0.15) is 0 Å². The minimum atomic E-state index is -0.559. The van der Waals surface area contributed by atoms with Gasteiger partial charge in [-0.05, 0) is 101 Å². The highest BCUT2D eigenvalue weighted by Gasteiger charge is 2.46. The Morgan fingerprint density at radius 2 is 1.74 bits per heavy atom. The zero-order valence-electron chi connectivity index (χ0n) is 21.1. The molecule has 1 fully saturated rings. The lowest BCUT2D eigenvalue weighted by atomic mass is 9.61. The summed E-state index contributed by atoms with van der Waals surface area (Å²) >= 11 is 0. The van der Waals surface area contributed by atoms with E-state index in [1.807, 2.05) is 19.9 Å². The van der Waals surface area contributed by atoms with Gasteiger partial charge in [0.05, 0.1) is 18.8 Å². The van der Waals surface area contributed by atoms with Gasteiger partial charge in [-0.3, -0.25) is 0 Å². The van der Waals surface area contributed by atoms with Crippen LogP contribution in [0.1, 0.15) is 57.1 Å². The number of aliphatic hydroxyl groups is 1. The molecule has 3 atom stereocenters. The Labute approximate surface area is 205 Å². The van der Waals surface area contributed by atoms with Gasteiger partial charge in [-0.15, -0.1) is 0 Å². The van der Waals surface area contributed by atoms with Crippen LogP contribution in [0.5, 0.6) is 11.5 Å². The smallest absolute Gasteiger partial charge is 0.161 e. The molecule has 0 radical (unpaired) electrons. The molecule has 4 heteroatoms. The van der Waals surface area contributed by atoms with Gasteiger partial charge < -0.3 is 19.5 Å². The molecule has 5 rings (SSSR count). The molecule has 0 spiro atoms. The van der Waals surface area contributed by atoms with E-state index >= 15 is 0 Å². The Hall–Kier alpha value is -2.30. The Kier molecular flexibility index (Phi) is 8.33. The molecule has 0 heterocycles. The molecule has 2 bridgehead atoms. The highest BCUT2D eigenvalue weighted by atomic mass is 16.5. The first kappa shape index (κ1) is 24.8. The zero-order valence-corrected chi connectivity index (χ0v) is 21.1. The minimum absolute atomic E-state index is 0.280. The summed E-state index contributed by atoms with van der Waals surface area (Å²) < 4.78 is 11.4. The highest BCUT2D eigenvalue weighted by molar-refractivity contribution is 5.69. The molecule has 0 saturated heterocycles. The van der Waals surface area contributed by atoms with Crippen LogP contribution >= 0.6 is 0 Å². The van der Waals surface area contributed by atoms with Crippen LogP contribution in [0.3, 0.4) is 0 Å². The van der Waals surface area contributed by atoms with Gasteiger partial charge >= 0.3 is 0 Å². The summed E-state index contributed by atoms with van der Waals surface area (Å²) in [7, 11) is 2.18. The molecule has 0 aliphatic heterocycles. The van der Waals surface area contributed by atoms with Crippen molar-refractivity contribution < 1.29 is 14.6 Å². The van der Waals surface area contributed by atoms with Crippen molar-refractivity contribution in [1.82, 2.24) is 4.90 Å². The van der Waals surface area contributed by atoms with Crippen molar-refractivity contribution in [2.45, 2.75) is 58.0 Å². The fraction of sp³-hybridized carbons (Fsp3) is 0.533. The number of rotatable bonds is 12. The van der Waals surface area contributed by atoms with Gasteiger partial charge in [0.15, 0.2) is 11.5 Å². The van der Waals surface area contributed by atoms with Crippen LogP contribution in [-0.2, 0) is 6.42 Å². The van der Waals surface area contributed by atoms with Gasteiger partial charge in [0.1, 0.15) is 0 Å². The minimum Gasteiger partial charge on any atom is -0.490 e. The van der Waals surface area contributed by atoms with Gasteiger partial charge in [0.25, 0.3) is 0 Å². The van der Waals surface area contributed by atoms with E-state index in [-0.39, 0.29) is 5.92 Å². The molecule has 4 nitrogen and oxygen atoms in total. The van der Waals surface area contributed by atoms with E-state index in [1.54, 1.807) is 0 Å². The lowest BCUT2D eigenvalue weighted by molar-refractivity contribution is -0.0574. The largest absolute Gasteiger partial charge is 0.490 e. The standard InChI is InChI=1S/C30H41NO3/c1-4-33-28-16-13-23(20-29(28)34-5-2)10-9-18-31(3)19-17-30(32)22-25-14-15-26(30)21-27(25)24-11-7-6-8-12-24/h6-8,11-13,16,20-21,25-26,32H,4-5,9-10,14-15,17-19,22H2,1-3H3/t25?,26-,30?/m0/s1. The molecule has 1 N–H and O–H groups in total. The first-order chi connectivity index (χ1) is 16.5. The molecule has 34 heavy (non-hydrogen) atoms. The van der Waals surface area contributed by atoms with Crippen LogP contribution in [0.25, 0.3) is 5.57 Å². The van der Waals surface area contributed by atoms with Crippen molar-refractivity contribution in [3.63, 3.8) is 0 Å². The monoisotopic (exact) mass is 463 g/mol. The van der Waals surface area contributed by atoms with E-state index in [2.05, 4.69) is 60.5 Å². The second-order valence-electron chi connectivity index (χ2n) is 9.98. The van der Waals surface area contributed by atoms with E-state index in [0.717, 1.165) is 56.7 Å². The Bertz CT molecular complexity index is 957. The molecular weight excluding hydrogens is 422 g/mol. The zero-order chi connectivity index (χ0) is 24.0. The van der Waals surface area contributed by atoms with Crippen molar-refractivity contribution in [1.29, 1.82) is 0 Å². The van der Waals surface area contributed by atoms with E-state index in [4.69, 9.17) is 9.47 Å². The summed E-state index contributed by atoms with van der Waals surface area (Å²) in [6.07, 6.45) is 8.54. The molecule has 2 unspecified atom stereocenters. The quantitative estimate of drug-likeness (QED) is 0.420. The van der Waals surface area contributed by atoms with Crippen molar-refractivity contribution in [2.75, 3.05) is 33.4 Å². The fourth-order valence-corrected chi connectivity index (χ4v) is 5.74. The molecule has 0 amide bonds. The molecule has 0 aromatic heterocycles. The number of allylic oxidation sites excluding steroid dienone is 1. The van der Waals surface area contributed by atoms with E-state index in [9.17, 15) is 5.11 Å². The predicted molar refractivity (Wildman–Crippen MR) is 139 cm³/mol. The Balaban J connectivity index is 1.27. The third kappa shape index (κ3) is 5.84. The molecule has 1 saturated carbocycles. The van der Waals surface area contributed by atoms with Gasteiger partial charge in [0.2, 0.25) is 0 Å². The lowest BCUT2D eigenvalue weighted by Gasteiger charge is -2.48. The number of benzene rings is 2. The molecule has 3 aliphatic rings. The number of ether oxygens (including phenoxy) is 2. The van der Waals surface area contributed by atoms with E-state index in [0.29, 0.717) is 19.1 Å². The molecule has 2 aromatic rings. The van der Waals surface area contributed by atoms with Gasteiger partial charge in [0, 0.05) is 12.5 Å². The molecule has 3 aliphatic carbocycles. The summed E-state index contributed by atoms with van der Waals surface area (Å²) in [4.78, 5) is 2.38. The first-order valence-corrected chi connectivity index (χ1v) is 13.1. The van der Waals surface area contributed by atoms with Gasteiger partial charge in [-0.1, -0.05) is 42.5 Å². The maximum absolute atomic E-state index is 11.5. The second kappa shape index (κ2) is 11.4. The summed E-state index contributed by atoms with van der Waals surface area (Å²) in [6, 6.07) is 17.0. The van der Waals surface area contributed by atoms with Crippen molar-refractivity contribution in [3.8, 4) is 11.5 Å². The number of fused-ring (bicyclic) bond motifs is 2. The average Bonchev–Trinajstić information content (AvgIpc) is 2.85. The predicted octanol–water partition coefficient (Wildman–Crippen LogP) is 5.98. The van der Waals surface area contributed by atoms with Crippen molar-refractivity contribution in [2.24, 2.45) is 11.8 Å². The van der Waals surface area contributed by atoms with E-state index in [1.165, 1.54) is 23.1 Å². The summed E-state index contributed by atoms with van der Waals surface area (Å²) in [5.74, 6) is 2.43. The third-order valence-corrected chi connectivity index (χ3v) is 7.58. The van der Waals surface area contributed by atoms with Crippen LogP contribution in [0.4, 0.5) is 0 Å². The summed E-state index contributed by atoms with van der Waals surface area (Å²) in [5, 5.41) is 11.5. The Morgan fingerprint density at radius 3 is 2.44 bits per heavy atom. The number of nitrogens with zero attached hydrogens (tertiary/aromatic N) is 1.